The van der Waals surface area contributed by atoms with Gasteiger partial charge in [-0.25, -0.2) is 4.98 Å². The van der Waals surface area contributed by atoms with Crippen LogP contribution in [0, 0.1) is 5.92 Å². The summed E-state index contributed by atoms with van der Waals surface area (Å²) in [5.74, 6) is -1.09. The van der Waals surface area contributed by atoms with Crippen molar-refractivity contribution in [2.75, 3.05) is 7.11 Å². The first kappa shape index (κ1) is 14.9. The molecule has 1 heterocycles. The number of rotatable bonds is 6. The molecular formula is C13H18N2O4. The van der Waals surface area contributed by atoms with Gasteiger partial charge in [0.2, 0.25) is 5.88 Å². The van der Waals surface area contributed by atoms with E-state index in [9.17, 15) is 9.59 Å². The van der Waals surface area contributed by atoms with Crippen LogP contribution in [0.4, 0.5) is 0 Å². The number of aliphatic carboxylic acids is 1. The maximum absolute atomic E-state index is 12.1. The molecule has 1 aromatic rings. The summed E-state index contributed by atoms with van der Waals surface area (Å²) in [4.78, 5) is 26.8. The van der Waals surface area contributed by atoms with Crippen molar-refractivity contribution in [1.82, 2.24) is 10.3 Å². The second-order valence-corrected chi connectivity index (χ2v) is 4.48. The van der Waals surface area contributed by atoms with Gasteiger partial charge in [-0.15, -0.1) is 0 Å². The Labute approximate surface area is 111 Å². The van der Waals surface area contributed by atoms with Crippen molar-refractivity contribution in [3.63, 3.8) is 0 Å². The molecule has 6 heteroatoms. The van der Waals surface area contributed by atoms with Gasteiger partial charge in [-0.2, -0.15) is 0 Å². The van der Waals surface area contributed by atoms with E-state index in [2.05, 4.69) is 10.3 Å². The Kier molecular flexibility index (Phi) is 5.29. The lowest BCUT2D eigenvalue weighted by atomic mass is 10.0. The summed E-state index contributed by atoms with van der Waals surface area (Å²) in [6.45, 7) is 3.71. The summed E-state index contributed by atoms with van der Waals surface area (Å²) in [6.07, 6.45) is 1.40. The van der Waals surface area contributed by atoms with E-state index in [0.29, 0.717) is 5.56 Å². The topological polar surface area (TPSA) is 88.5 Å². The first-order valence-corrected chi connectivity index (χ1v) is 5.97. The summed E-state index contributed by atoms with van der Waals surface area (Å²) in [5, 5.41) is 11.5. The van der Waals surface area contributed by atoms with E-state index < -0.39 is 12.0 Å². The number of hydrogen-bond acceptors (Lipinski definition) is 4. The van der Waals surface area contributed by atoms with Gasteiger partial charge in [-0.05, 0) is 18.1 Å². The number of ether oxygens (including phenoxy) is 1. The van der Waals surface area contributed by atoms with Gasteiger partial charge in [0.15, 0.2) is 0 Å². The molecule has 0 bridgehead atoms. The quantitative estimate of drug-likeness (QED) is 0.810. The number of carboxylic acid groups (broad SMARTS) is 1. The molecule has 104 valence electrons. The lowest BCUT2D eigenvalue weighted by Gasteiger charge is -2.20. The smallest absolute Gasteiger partial charge is 0.305 e. The average Bonchev–Trinajstić information content (AvgIpc) is 2.37. The standard InChI is InChI=1S/C13H18N2O4/c1-8(2)10(7-11(16)17)15-12(18)9-5-4-6-14-13(9)19-3/h4-6,8,10H,7H2,1-3H3,(H,15,18)(H,16,17). The molecule has 0 fully saturated rings. The normalized spacial score (nSPS) is 12.0. The predicted octanol–water partition coefficient (Wildman–Crippen LogP) is 1.32. The molecule has 19 heavy (non-hydrogen) atoms. The molecule has 1 unspecified atom stereocenters. The Morgan fingerprint density at radius 2 is 2.16 bits per heavy atom. The number of nitrogens with zero attached hydrogens (tertiary/aromatic N) is 1. The van der Waals surface area contributed by atoms with Crippen LogP contribution in [0.15, 0.2) is 18.3 Å². The fourth-order valence-corrected chi connectivity index (χ4v) is 1.61. The zero-order valence-corrected chi connectivity index (χ0v) is 11.2. The van der Waals surface area contributed by atoms with E-state index in [0.717, 1.165) is 0 Å². The minimum atomic E-state index is -0.947. The number of carboxylic acids is 1. The van der Waals surface area contributed by atoms with Crippen molar-refractivity contribution in [2.45, 2.75) is 26.3 Å². The molecule has 0 aliphatic heterocycles. The fraction of sp³-hybridized carbons (Fsp3) is 0.462. The first-order chi connectivity index (χ1) is 8.95. The number of amides is 1. The van der Waals surface area contributed by atoms with Crippen molar-refractivity contribution < 1.29 is 19.4 Å². The third-order valence-corrected chi connectivity index (χ3v) is 2.72. The molecule has 1 atom stereocenters. The van der Waals surface area contributed by atoms with Crippen molar-refractivity contribution >= 4 is 11.9 Å². The molecular weight excluding hydrogens is 248 g/mol. The molecule has 1 amide bonds. The van der Waals surface area contributed by atoms with Gasteiger partial charge < -0.3 is 15.2 Å². The fourth-order valence-electron chi connectivity index (χ4n) is 1.61. The maximum Gasteiger partial charge on any atom is 0.305 e. The summed E-state index contributed by atoms with van der Waals surface area (Å²) >= 11 is 0. The summed E-state index contributed by atoms with van der Waals surface area (Å²) in [7, 11) is 1.43. The lowest BCUT2D eigenvalue weighted by Crippen LogP contribution is -2.40. The zero-order valence-electron chi connectivity index (χ0n) is 11.2. The lowest BCUT2D eigenvalue weighted by molar-refractivity contribution is -0.137. The molecule has 0 saturated carbocycles. The maximum atomic E-state index is 12.1. The van der Waals surface area contributed by atoms with Gasteiger partial charge in [-0.1, -0.05) is 13.8 Å². The Morgan fingerprint density at radius 3 is 2.68 bits per heavy atom. The monoisotopic (exact) mass is 266 g/mol. The summed E-state index contributed by atoms with van der Waals surface area (Å²) < 4.78 is 5.00. The number of hydrogen-bond donors (Lipinski definition) is 2. The number of methoxy groups -OCH3 is 1. The van der Waals surface area contributed by atoms with Crippen LogP contribution in [-0.2, 0) is 4.79 Å². The third kappa shape index (κ3) is 4.24. The van der Waals surface area contributed by atoms with Crippen molar-refractivity contribution in [3.05, 3.63) is 23.9 Å². The average molecular weight is 266 g/mol. The van der Waals surface area contributed by atoms with Crippen molar-refractivity contribution in [2.24, 2.45) is 5.92 Å². The molecule has 0 aliphatic rings. The van der Waals surface area contributed by atoms with E-state index in [-0.39, 0.29) is 24.1 Å². The molecule has 6 nitrogen and oxygen atoms in total. The Hall–Kier alpha value is -2.11. The highest BCUT2D eigenvalue weighted by Gasteiger charge is 2.22. The van der Waals surface area contributed by atoms with Crippen LogP contribution >= 0.6 is 0 Å². The highest BCUT2D eigenvalue weighted by atomic mass is 16.5. The van der Waals surface area contributed by atoms with Gasteiger partial charge in [0.05, 0.1) is 13.5 Å². The van der Waals surface area contributed by atoms with Crippen LogP contribution in [0.5, 0.6) is 5.88 Å². The van der Waals surface area contributed by atoms with Crippen LogP contribution in [-0.4, -0.2) is 35.1 Å². The number of nitrogens with one attached hydrogen (secondary N) is 1. The van der Waals surface area contributed by atoms with Crippen molar-refractivity contribution in [1.29, 1.82) is 0 Å². The number of carbonyl (C=O) groups is 2. The molecule has 1 aromatic heterocycles. The van der Waals surface area contributed by atoms with Crippen molar-refractivity contribution in [3.8, 4) is 5.88 Å². The van der Waals surface area contributed by atoms with Gasteiger partial charge in [0.1, 0.15) is 5.56 Å². The van der Waals surface area contributed by atoms with Gasteiger partial charge in [0, 0.05) is 12.2 Å². The van der Waals surface area contributed by atoms with Gasteiger partial charge in [0.25, 0.3) is 5.91 Å². The Morgan fingerprint density at radius 1 is 1.47 bits per heavy atom. The van der Waals surface area contributed by atoms with E-state index in [1.54, 1.807) is 12.1 Å². The second kappa shape index (κ2) is 6.72. The molecule has 0 aromatic carbocycles. The van der Waals surface area contributed by atoms with Gasteiger partial charge in [-0.3, -0.25) is 9.59 Å². The van der Waals surface area contributed by atoms with Crippen LogP contribution in [0.25, 0.3) is 0 Å². The first-order valence-electron chi connectivity index (χ1n) is 5.97. The predicted molar refractivity (Wildman–Crippen MR) is 69.1 cm³/mol. The molecule has 0 radical (unpaired) electrons. The third-order valence-electron chi connectivity index (χ3n) is 2.72. The zero-order chi connectivity index (χ0) is 14.4. The van der Waals surface area contributed by atoms with E-state index >= 15 is 0 Å². The highest BCUT2D eigenvalue weighted by molar-refractivity contribution is 5.96. The van der Waals surface area contributed by atoms with Gasteiger partial charge >= 0.3 is 5.97 Å². The Bertz CT molecular complexity index is 460. The largest absolute Gasteiger partial charge is 0.481 e. The van der Waals surface area contributed by atoms with E-state index in [1.165, 1.54) is 13.3 Å². The van der Waals surface area contributed by atoms with Crippen LogP contribution in [0.2, 0.25) is 0 Å². The number of carbonyl (C=O) groups excluding carboxylic acids is 1. The second-order valence-electron chi connectivity index (χ2n) is 4.48. The molecule has 1 rings (SSSR count). The van der Waals surface area contributed by atoms with E-state index in [1.807, 2.05) is 13.8 Å². The summed E-state index contributed by atoms with van der Waals surface area (Å²) in [5.41, 5.74) is 0.293. The molecule has 0 spiro atoms. The molecule has 0 aliphatic carbocycles. The van der Waals surface area contributed by atoms with E-state index in [4.69, 9.17) is 9.84 Å². The SMILES string of the molecule is COc1ncccc1C(=O)NC(CC(=O)O)C(C)C. The van der Waals surface area contributed by atoms with Crippen LogP contribution in [0.1, 0.15) is 30.6 Å². The van der Waals surface area contributed by atoms with Crippen LogP contribution < -0.4 is 10.1 Å². The Balaban J connectivity index is 2.84. The molecule has 2 N–H and O–H groups in total. The minimum absolute atomic E-state index is 0.0164. The number of aromatic nitrogens is 1. The summed E-state index contributed by atoms with van der Waals surface area (Å²) in [6, 6.07) is 2.77. The highest BCUT2D eigenvalue weighted by Crippen LogP contribution is 2.15. The molecule has 0 saturated heterocycles. The minimum Gasteiger partial charge on any atom is -0.481 e. The van der Waals surface area contributed by atoms with Crippen LogP contribution in [0.3, 0.4) is 0 Å². The number of pyridine rings is 1.